The number of hydrogen-bond donors (Lipinski definition) is 1. The first-order valence-electron chi connectivity index (χ1n) is 10.6. The summed E-state index contributed by atoms with van der Waals surface area (Å²) in [5.74, 6) is -0.215. The largest absolute Gasteiger partial charge is 0.349 e. The summed E-state index contributed by atoms with van der Waals surface area (Å²) in [6.45, 7) is 3.83. The minimum Gasteiger partial charge on any atom is -0.349 e. The van der Waals surface area contributed by atoms with E-state index in [4.69, 9.17) is 0 Å². The molecule has 0 spiro atoms. The topological polar surface area (TPSA) is 66.5 Å². The SMILES string of the molecule is C=CCN(c1ccccc1)S(=O)(=O)c1cccc(C(=O)NC2CCCCCCC2)c1. The number of amides is 1. The predicted molar refractivity (Wildman–Crippen MR) is 121 cm³/mol. The lowest BCUT2D eigenvalue weighted by molar-refractivity contribution is 0.0930. The highest BCUT2D eigenvalue weighted by atomic mass is 32.2. The first-order chi connectivity index (χ1) is 14.5. The first kappa shape index (κ1) is 22.1. The third-order valence-corrected chi connectivity index (χ3v) is 7.25. The Hall–Kier alpha value is -2.60. The Morgan fingerprint density at radius 2 is 1.67 bits per heavy atom. The standard InChI is InChI=1S/C24H30N2O3S/c1-2-18-26(22-15-9-6-10-16-22)30(28,29)23-17-11-12-20(19-23)24(27)25-21-13-7-4-3-5-8-14-21/h2,6,9-12,15-17,19,21H,1,3-5,7-8,13-14,18H2,(H,25,27). The molecule has 30 heavy (non-hydrogen) atoms. The number of hydrogen-bond acceptors (Lipinski definition) is 3. The van der Waals surface area contributed by atoms with Crippen molar-refractivity contribution in [2.45, 2.75) is 55.9 Å². The molecule has 1 aliphatic rings. The van der Waals surface area contributed by atoms with Crippen LogP contribution in [0.4, 0.5) is 5.69 Å². The molecule has 0 aromatic heterocycles. The van der Waals surface area contributed by atoms with Crippen LogP contribution in [0.15, 0.2) is 72.1 Å². The van der Waals surface area contributed by atoms with Gasteiger partial charge in [0.1, 0.15) is 0 Å². The zero-order valence-electron chi connectivity index (χ0n) is 17.3. The summed E-state index contributed by atoms with van der Waals surface area (Å²) in [5.41, 5.74) is 0.923. The molecule has 3 rings (SSSR count). The van der Waals surface area contributed by atoms with Gasteiger partial charge in [-0.05, 0) is 43.2 Å². The van der Waals surface area contributed by atoms with Crippen LogP contribution < -0.4 is 9.62 Å². The van der Waals surface area contributed by atoms with Crippen molar-refractivity contribution in [3.8, 4) is 0 Å². The molecular weight excluding hydrogens is 396 g/mol. The highest BCUT2D eigenvalue weighted by Crippen LogP contribution is 2.24. The summed E-state index contributed by atoms with van der Waals surface area (Å²) >= 11 is 0. The average Bonchev–Trinajstić information content (AvgIpc) is 2.74. The molecule has 0 bridgehead atoms. The molecule has 1 N–H and O–H groups in total. The van der Waals surface area contributed by atoms with Crippen LogP contribution >= 0.6 is 0 Å². The minimum absolute atomic E-state index is 0.0959. The second-order valence-electron chi connectivity index (χ2n) is 7.70. The Balaban J connectivity index is 1.82. The van der Waals surface area contributed by atoms with Crippen LogP contribution in [-0.2, 0) is 10.0 Å². The fourth-order valence-electron chi connectivity index (χ4n) is 3.85. The predicted octanol–water partition coefficient (Wildman–Crippen LogP) is 4.91. The summed E-state index contributed by atoms with van der Waals surface area (Å²) in [7, 11) is -3.83. The number of carbonyl (C=O) groups is 1. The number of para-hydroxylation sites is 1. The first-order valence-corrected chi connectivity index (χ1v) is 12.1. The van der Waals surface area contributed by atoms with Crippen molar-refractivity contribution in [2.75, 3.05) is 10.8 Å². The van der Waals surface area contributed by atoms with Gasteiger partial charge in [0, 0.05) is 11.6 Å². The Morgan fingerprint density at radius 1 is 1.00 bits per heavy atom. The van der Waals surface area contributed by atoms with Gasteiger partial charge in [-0.3, -0.25) is 9.10 Å². The van der Waals surface area contributed by atoms with Gasteiger partial charge in [0.25, 0.3) is 15.9 Å². The molecule has 6 heteroatoms. The lowest BCUT2D eigenvalue weighted by Crippen LogP contribution is -2.35. The minimum atomic E-state index is -3.83. The summed E-state index contributed by atoms with van der Waals surface area (Å²) < 4.78 is 27.9. The maximum absolute atomic E-state index is 13.3. The molecule has 0 unspecified atom stereocenters. The molecule has 0 atom stereocenters. The van der Waals surface area contributed by atoms with E-state index in [0.717, 1.165) is 25.7 Å². The van der Waals surface area contributed by atoms with Crippen LogP contribution in [-0.4, -0.2) is 26.9 Å². The molecule has 0 heterocycles. The van der Waals surface area contributed by atoms with Crippen molar-refractivity contribution in [1.29, 1.82) is 0 Å². The Morgan fingerprint density at radius 3 is 2.33 bits per heavy atom. The van der Waals surface area contributed by atoms with E-state index in [1.54, 1.807) is 42.5 Å². The van der Waals surface area contributed by atoms with Gasteiger partial charge < -0.3 is 5.32 Å². The Kier molecular flexibility index (Phi) is 7.69. The molecule has 1 saturated carbocycles. The smallest absolute Gasteiger partial charge is 0.264 e. The van der Waals surface area contributed by atoms with Crippen molar-refractivity contribution in [1.82, 2.24) is 5.32 Å². The van der Waals surface area contributed by atoms with Crippen molar-refractivity contribution in [2.24, 2.45) is 0 Å². The summed E-state index contributed by atoms with van der Waals surface area (Å²) in [6, 6.07) is 15.3. The molecule has 0 radical (unpaired) electrons. The fourth-order valence-corrected chi connectivity index (χ4v) is 5.33. The van der Waals surface area contributed by atoms with Gasteiger partial charge in [-0.1, -0.05) is 62.4 Å². The number of anilines is 1. The van der Waals surface area contributed by atoms with E-state index >= 15 is 0 Å². The van der Waals surface area contributed by atoms with Crippen molar-refractivity contribution in [3.63, 3.8) is 0 Å². The van der Waals surface area contributed by atoms with Gasteiger partial charge >= 0.3 is 0 Å². The number of nitrogens with zero attached hydrogens (tertiary/aromatic N) is 1. The molecule has 1 aliphatic carbocycles. The average molecular weight is 427 g/mol. The molecule has 2 aromatic carbocycles. The maximum atomic E-state index is 13.3. The van der Waals surface area contributed by atoms with Gasteiger partial charge in [-0.25, -0.2) is 8.42 Å². The lowest BCUT2D eigenvalue weighted by Gasteiger charge is -2.24. The number of nitrogens with one attached hydrogen (secondary N) is 1. The normalized spacial score (nSPS) is 15.6. The monoisotopic (exact) mass is 426 g/mol. The number of sulfonamides is 1. The summed E-state index contributed by atoms with van der Waals surface area (Å²) in [6.07, 6.45) is 9.42. The van der Waals surface area contributed by atoms with E-state index in [1.165, 1.54) is 35.7 Å². The van der Waals surface area contributed by atoms with Gasteiger partial charge in [0.2, 0.25) is 0 Å². The molecule has 0 saturated heterocycles. The fraction of sp³-hybridized carbons (Fsp3) is 0.375. The van der Waals surface area contributed by atoms with E-state index in [0.29, 0.717) is 11.3 Å². The Labute approximate surface area is 179 Å². The van der Waals surface area contributed by atoms with Crippen LogP contribution in [0.3, 0.4) is 0 Å². The van der Waals surface area contributed by atoms with E-state index in [9.17, 15) is 13.2 Å². The molecular formula is C24H30N2O3S. The zero-order valence-corrected chi connectivity index (χ0v) is 18.1. The van der Waals surface area contributed by atoms with Gasteiger partial charge in [0.15, 0.2) is 0 Å². The number of carbonyl (C=O) groups excluding carboxylic acids is 1. The van der Waals surface area contributed by atoms with Crippen LogP contribution in [0.5, 0.6) is 0 Å². The molecule has 0 aliphatic heterocycles. The van der Waals surface area contributed by atoms with Crippen molar-refractivity contribution >= 4 is 21.6 Å². The van der Waals surface area contributed by atoms with Crippen LogP contribution in [0.1, 0.15) is 55.3 Å². The highest BCUT2D eigenvalue weighted by molar-refractivity contribution is 7.92. The quantitative estimate of drug-likeness (QED) is 0.640. The molecule has 5 nitrogen and oxygen atoms in total. The second-order valence-corrected chi connectivity index (χ2v) is 9.57. The second kappa shape index (κ2) is 10.4. The van der Waals surface area contributed by atoms with Crippen LogP contribution in [0.25, 0.3) is 0 Å². The maximum Gasteiger partial charge on any atom is 0.264 e. The van der Waals surface area contributed by atoms with Gasteiger partial charge in [0.05, 0.1) is 17.1 Å². The van der Waals surface area contributed by atoms with Crippen LogP contribution in [0, 0.1) is 0 Å². The summed E-state index contributed by atoms with van der Waals surface area (Å²) in [5, 5.41) is 3.10. The summed E-state index contributed by atoms with van der Waals surface area (Å²) in [4.78, 5) is 12.9. The molecule has 1 amide bonds. The molecule has 1 fully saturated rings. The van der Waals surface area contributed by atoms with E-state index in [1.807, 2.05) is 6.07 Å². The van der Waals surface area contributed by atoms with Crippen LogP contribution in [0.2, 0.25) is 0 Å². The zero-order chi connectivity index (χ0) is 21.4. The highest BCUT2D eigenvalue weighted by Gasteiger charge is 2.25. The van der Waals surface area contributed by atoms with Gasteiger partial charge in [-0.15, -0.1) is 6.58 Å². The van der Waals surface area contributed by atoms with E-state index in [2.05, 4.69) is 11.9 Å². The lowest BCUT2D eigenvalue weighted by atomic mass is 9.96. The molecule has 2 aromatic rings. The van der Waals surface area contributed by atoms with Crippen molar-refractivity contribution in [3.05, 3.63) is 72.8 Å². The third-order valence-electron chi connectivity index (χ3n) is 5.46. The number of benzene rings is 2. The third kappa shape index (κ3) is 5.51. The van der Waals surface area contributed by atoms with E-state index in [-0.39, 0.29) is 23.4 Å². The Bertz CT molecular complexity index is 949. The van der Waals surface area contributed by atoms with Crippen molar-refractivity contribution < 1.29 is 13.2 Å². The molecule has 160 valence electrons. The number of rotatable bonds is 7. The van der Waals surface area contributed by atoms with E-state index < -0.39 is 10.0 Å². The van der Waals surface area contributed by atoms with Gasteiger partial charge in [-0.2, -0.15) is 0 Å².